The van der Waals surface area contributed by atoms with Crippen molar-refractivity contribution in [3.8, 4) is 0 Å². The Morgan fingerprint density at radius 3 is 2.52 bits per heavy atom. The third-order valence-corrected chi connectivity index (χ3v) is 5.83. The van der Waals surface area contributed by atoms with E-state index < -0.39 is 0 Å². The van der Waals surface area contributed by atoms with Crippen LogP contribution < -0.4 is 0 Å². The van der Waals surface area contributed by atoms with E-state index in [1.807, 2.05) is 30.0 Å². The van der Waals surface area contributed by atoms with Gasteiger partial charge in [-0.15, -0.1) is 0 Å². The summed E-state index contributed by atoms with van der Waals surface area (Å²) < 4.78 is 0. The van der Waals surface area contributed by atoms with Crippen LogP contribution in [-0.4, -0.2) is 45.1 Å². The maximum atomic E-state index is 12.9. The molecule has 1 aromatic carbocycles. The molecule has 5 nitrogen and oxygen atoms in total. The van der Waals surface area contributed by atoms with Crippen LogP contribution in [-0.2, 0) is 6.42 Å². The fraction of sp³-hybridized carbons (Fsp3) is 0.500. The largest absolute Gasteiger partial charge is 0.392 e. The van der Waals surface area contributed by atoms with Crippen molar-refractivity contribution in [2.75, 3.05) is 13.1 Å². The topological polar surface area (TPSA) is 66.3 Å². The molecule has 1 saturated heterocycles. The quantitative estimate of drug-likeness (QED) is 0.884. The van der Waals surface area contributed by atoms with Crippen molar-refractivity contribution in [2.45, 2.75) is 51.0 Å². The highest BCUT2D eigenvalue weighted by Crippen LogP contribution is 2.38. The van der Waals surface area contributed by atoms with Gasteiger partial charge in [-0.1, -0.05) is 30.3 Å². The number of carbonyl (C=O) groups is 1. The molecule has 1 saturated carbocycles. The zero-order valence-corrected chi connectivity index (χ0v) is 15.8. The minimum absolute atomic E-state index is 0.0193. The first-order chi connectivity index (χ1) is 13.1. The second-order valence-corrected chi connectivity index (χ2v) is 7.89. The molecule has 0 unspecified atom stereocenters. The number of hydrogen-bond donors (Lipinski definition) is 1. The molecule has 0 bridgehead atoms. The lowest BCUT2D eigenvalue weighted by Crippen LogP contribution is -2.42. The number of hydrogen-bond acceptors (Lipinski definition) is 4. The molecule has 1 atom stereocenters. The second kappa shape index (κ2) is 7.77. The zero-order valence-electron chi connectivity index (χ0n) is 15.8. The number of aromatic nitrogens is 2. The van der Waals surface area contributed by atoms with Gasteiger partial charge in [-0.25, -0.2) is 9.97 Å². The smallest absolute Gasteiger partial charge is 0.257 e. The molecule has 0 spiro atoms. The van der Waals surface area contributed by atoms with Crippen molar-refractivity contribution < 1.29 is 9.90 Å². The number of aryl methyl sites for hydroxylation is 1. The van der Waals surface area contributed by atoms with Gasteiger partial charge in [-0.2, -0.15) is 0 Å². The van der Waals surface area contributed by atoms with Crippen LogP contribution in [0.1, 0.15) is 59.0 Å². The van der Waals surface area contributed by atoms with Crippen LogP contribution in [0.15, 0.2) is 36.5 Å². The van der Waals surface area contributed by atoms with Crippen LogP contribution >= 0.6 is 0 Å². The van der Waals surface area contributed by atoms with E-state index in [1.165, 1.54) is 0 Å². The maximum absolute atomic E-state index is 12.9. The average molecular weight is 365 g/mol. The van der Waals surface area contributed by atoms with E-state index in [0.29, 0.717) is 31.0 Å². The first-order valence-electron chi connectivity index (χ1n) is 9.96. The Morgan fingerprint density at radius 1 is 1.19 bits per heavy atom. The average Bonchev–Trinajstić information content (AvgIpc) is 3.54. The van der Waals surface area contributed by atoms with Gasteiger partial charge in [-0.3, -0.25) is 4.79 Å². The van der Waals surface area contributed by atoms with E-state index in [9.17, 15) is 9.90 Å². The molecule has 0 radical (unpaired) electrons. The minimum Gasteiger partial charge on any atom is -0.392 e. The number of likely N-dealkylation sites (tertiary alicyclic amines) is 1. The lowest BCUT2D eigenvalue weighted by atomic mass is 9.87. The normalized spacial score (nSPS) is 19.1. The summed E-state index contributed by atoms with van der Waals surface area (Å²) in [6, 6.07) is 10.1. The summed E-state index contributed by atoms with van der Waals surface area (Å²) in [7, 11) is 0. The Labute approximate surface area is 160 Å². The first kappa shape index (κ1) is 18.1. The van der Waals surface area contributed by atoms with Gasteiger partial charge < -0.3 is 10.0 Å². The number of aliphatic hydroxyl groups is 1. The predicted octanol–water partition coefficient (Wildman–Crippen LogP) is 3.12. The van der Waals surface area contributed by atoms with Crippen LogP contribution in [0.2, 0.25) is 0 Å². The van der Waals surface area contributed by atoms with Gasteiger partial charge in [-0.05, 0) is 50.5 Å². The standard InChI is InChI=1S/C22H27N3O2/c1-15-19(14-23-21(24-15)18-7-8-18)22(27)25-11-9-17(10-12-25)20(26)13-16-5-3-2-4-6-16/h2-6,14,17-18,20,26H,7-13H2,1H3/t20-/m1/s1. The van der Waals surface area contributed by atoms with Crippen molar-refractivity contribution in [2.24, 2.45) is 5.92 Å². The van der Waals surface area contributed by atoms with E-state index in [-0.39, 0.29) is 17.9 Å². The first-order valence-corrected chi connectivity index (χ1v) is 9.96. The van der Waals surface area contributed by atoms with E-state index in [4.69, 9.17) is 0 Å². The lowest BCUT2D eigenvalue weighted by molar-refractivity contribution is 0.0466. The molecule has 1 N–H and O–H groups in total. The number of aliphatic hydroxyl groups excluding tert-OH is 1. The molecule has 1 aliphatic heterocycles. The van der Waals surface area contributed by atoms with Crippen LogP contribution in [0.4, 0.5) is 0 Å². The summed E-state index contributed by atoms with van der Waals surface area (Å²) in [5, 5.41) is 10.6. The van der Waals surface area contributed by atoms with Gasteiger partial charge in [0.2, 0.25) is 0 Å². The Balaban J connectivity index is 1.34. The predicted molar refractivity (Wildman–Crippen MR) is 104 cm³/mol. The molecule has 2 fully saturated rings. The van der Waals surface area contributed by atoms with Gasteiger partial charge in [0.25, 0.3) is 5.91 Å². The monoisotopic (exact) mass is 365 g/mol. The third-order valence-electron chi connectivity index (χ3n) is 5.83. The van der Waals surface area contributed by atoms with E-state index in [0.717, 1.165) is 42.8 Å². The van der Waals surface area contributed by atoms with Gasteiger partial charge in [0.05, 0.1) is 17.4 Å². The number of carbonyl (C=O) groups excluding carboxylic acids is 1. The Bertz CT molecular complexity index is 796. The molecule has 27 heavy (non-hydrogen) atoms. The molecule has 4 rings (SSSR count). The van der Waals surface area contributed by atoms with Crippen molar-refractivity contribution in [3.05, 3.63) is 59.2 Å². The van der Waals surface area contributed by atoms with Gasteiger partial charge in [0.1, 0.15) is 5.82 Å². The van der Waals surface area contributed by atoms with Crippen LogP contribution in [0, 0.1) is 12.8 Å². The summed E-state index contributed by atoms with van der Waals surface area (Å²) in [5.74, 6) is 1.64. The number of nitrogens with zero attached hydrogens (tertiary/aromatic N) is 3. The summed E-state index contributed by atoms with van der Waals surface area (Å²) >= 11 is 0. The molecule has 5 heteroatoms. The molecule has 142 valence electrons. The van der Waals surface area contributed by atoms with Crippen molar-refractivity contribution in [3.63, 3.8) is 0 Å². The maximum Gasteiger partial charge on any atom is 0.257 e. The lowest BCUT2D eigenvalue weighted by Gasteiger charge is -2.34. The number of amides is 1. The molecular formula is C22H27N3O2. The molecular weight excluding hydrogens is 338 g/mol. The van der Waals surface area contributed by atoms with Gasteiger partial charge in [0, 0.05) is 25.2 Å². The van der Waals surface area contributed by atoms with Gasteiger partial charge in [0.15, 0.2) is 0 Å². The van der Waals surface area contributed by atoms with Crippen molar-refractivity contribution in [1.82, 2.24) is 14.9 Å². The van der Waals surface area contributed by atoms with Crippen LogP contribution in [0.25, 0.3) is 0 Å². The van der Waals surface area contributed by atoms with Gasteiger partial charge >= 0.3 is 0 Å². The highest BCUT2D eigenvalue weighted by atomic mass is 16.3. The Kier molecular flexibility index (Phi) is 5.21. The summed E-state index contributed by atoms with van der Waals surface area (Å²) in [5.41, 5.74) is 2.55. The minimum atomic E-state index is -0.354. The number of rotatable bonds is 5. The van der Waals surface area contributed by atoms with Crippen LogP contribution in [0.5, 0.6) is 0 Å². The second-order valence-electron chi connectivity index (χ2n) is 7.89. The molecule has 1 aromatic heterocycles. The summed E-state index contributed by atoms with van der Waals surface area (Å²) in [6.07, 6.45) is 6.01. The van der Waals surface area contributed by atoms with E-state index in [2.05, 4.69) is 22.1 Å². The summed E-state index contributed by atoms with van der Waals surface area (Å²) in [4.78, 5) is 23.7. The molecule has 2 aliphatic rings. The van der Waals surface area contributed by atoms with E-state index in [1.54, 1.807) is 6.20 Å². The van der Waals surface area contributed by atoms with Crippen molar-refractivity contribution >= 4 is 5.91 Å². The fourth-order valence-electron chi connectivity index (χ4n) is 3.91. The highest BCUT2D eigenvalue weighted by molar-refractivity contribution is 5.95. The molecule has 1 amide bonds. The number of benzene rings is 1. The highest BCUT2D eigenvalue weighted by Gasteiger charge is 2.30. The molecule has 1 aliphatic carbocycles. The van der Waals surface area contributed by atoms with Crippen LogP contribution in [0.3, 0.4) is 0 Å². The Morgan fingerprint density at radius 2 is 1.89 bits per heavy atom. The molecule has 2 heterocycles. The van der Waals surface area contributed by atoms with E-state index >= 15 is 0 Å². The number of piperidine rings is 1. The van der Waals surface area contributed by atoms with Crippen molar-refractivity contribution in [1.29, 1.82) is 0 Å². The third kappa shape index (κ3) is 4.19. The molecule has 2 aromatic rings. The fourth-order valence-corrected chi connectivity index (χ4v) is 3.91. The zero-order chi connectivity index (χ0) is 18.8. The Hall–Kier alpha value is -2.27. The SMILES string of the molecule is Cc1nc(C2CC2)ncc1C(=O)N1CCC([C@H](O)Cc2ccccc2)CC1. The summed E-state index contributed by atoms with van der Waals surface area (Å²) in [6.45, 7) is 3.26.